The van der Waals surface area contributed by atoms with Gasteiger partial charge in [-0.15, -0.1) is 24.8 Å². The van der Waals surface area contributed by atoms with E-state index in [1.165, 1.54) is 25.9 Å². The summed E-state index contributed by atoms with van der Waals surface area (Å²) in [4.78, 5) is 19.0. The Morgan fingerprint density at radius 2 is 2.09 bits per heavy atom. The molecule has 5 rings (SSSR count). The van der Waals surface area contributed by atoms with E-state index in [4.69, 9.17) is 4.74 Å². The fraction of sp³-hybridized carbons (Fsp3) is 0.600. The third kappa shape index (κ3) is 3.16. The molecule has 0 radical (unpaired) electrons. The molecular formula is C15H21Cl2N3O2. The molecule has 2 bridgehead atoms. The molecule has 1 atom stereocenters. The molecule has 4 aliphatic heterocycles. The Morgan fingerprint density at radius 3 is 2.77 bits per heavy atom. The summed E-state index contributed by atoms with van der Waals surface area (Å²) in [6, 6.07) is 2.16. The maximum atomic E-state index is 12.4. The van der Waals surface area contributed by atoms with Crippen LogP contribution in [0.15, 0.2) is 12.3 Å². The van der Waals surface area contributed by atoms with Gasteiger partial charge in [-0.25, -0.2) is 4.98 Å². The molecule has 1 aromatic rings. The first kappa shape index (κ1) is 17.3. The average molecular weight is 346 g/mol. The topological polar surface area (TPSA) is 54.5 Å². The lowest BCUT2D eigenvalue weighted by Gasteiger charge is -2.44. The van der Waals surface area contributed by atoms with Crippen LogP contribution in [0, 0.1) is 5.92 Å². The molecule has 1 amide bonds. The zero-order valence-electron chi connectivity index (χ0n) is 12.3. The number of piperidine rings is 3. The predicted octanol–water partition coefficient (Wildman–Crippen LogP) is 1.68. The number of hydrogen-bond donors (Lipinski definition) is 1. The number of pyridine rings is 1. The van der Waals surface area contributed by atoms with E-state index in [1.807, 2.05) is 6.07 Å². The van der Waals surface area contributed by atoms with Gasteiger partial charge < -0.3 is 15.0 Å². The van der Waals surface area contributed by atoms with Gasteiger partial charge in [-0.1, -0.05) is 0 Å². The van der Waals surface area contributed by atoms with Crippen LogP contribution in [-0.2, 0) is 6.42 Å². The van der Waals surface area contributed by atoms with Crippen LogP contribution in [-0.4, -0.2) is 48.1 Å². The van der Waals surface area contributed by atoms with Gasteiger partial charge in [0.15, 0.2) is 0 Å². The molecule has 22 heavy (non-hydrogen) atoms. The second kappa shape index (κ2) is 7.02. The minimum atomic E-state index is -0.0431. The summed E-state index contributed by atoms with van der Waals surface area (Å²) >= 11 is 0. The molecular weight excluding hydrogens is 325 g/mol. The molecule has 1 N–H and O–H groups in total. The fourth-order valence-electron chi connectivity index (χ4n) is 3.58. The number of nitrogens with zero attached hydrogens (tertiary/aromatic N) is 2. The highest BCUT2D eigenvalue weighted by molar-refractivity contribution is 5.92. The molecule has 0 spiro atoms. The second-order valence-electron chi connectivity index (χ2n) is 5.99. The molecule has 0 saturated carbocycles. The second-order valence-corrected chi connectivity index (χ2v) is 5.99. The molecule has 5 nitrogen and oxygen atoms in total. The van der Waals surface area contributed by atoms with E-state index in [2.05, 4.69) is 15.2 Å². The summed E-state index contributed by atoms with van der Waals surface area (Å²) in [6.07, 6.45) is 4.96. The Hall–Kier alpha value is -1.04. The first-order valence-electron chi connectivity index (χ1n) is 7.44. The lowest BCUT2D eigenvalue weighted by molar-refractivity contribution is 0.0617. The van der Waals surface area contributed by atoms with Gasteiger partial charge in [-0.2, -0.15) is 0 Å². The van der Waals surface area contributed by atoms with Crippen LogP contribution in [0.1, 0.15) is 28.9 Å². The van der Waals surface area contributed by atoms with Crippen LogP contribution < -0.4 is 10.1 Å². The van der Waals surface area contributed by atoms with Crippen molar-refractivity contribution in [2.45, 2.75) is 25.3 Å². The number of aromatic nitrogens is 1. The number of amides is 1. The largest absolute Gasteiger partial charge is 0.491 e. The van der Waals surface area contributed by atoms with E-state index >= 15 is 0 Å². The standard InChI is InChI=1S/C15H19N3O2.2ClH/c19-15(12-7-11-3-6-20-14(11)8-16-12)17-13-9-18-4-1-10(13)2-5-18;;/h7-8,10,13H,1-6,9H2,(H,17,19);2*1H/t13-;;/m0../s1. The Kier molecular flexibility index (Phi) is 5.53. The minimum absolute atomic E-state index is 0. The zero-order valence-corrected chi connectivity index (χ0v) is 13.9. The van der Waals surface area contributed by atoms with Crippen LogP contribution >= 0.6 is 24.8 Å². The molecule has 5 heterocycles. The maximum Gasteiger partial charge on any atom is 0.270 e. The van der Waals surface area contributed by atoms with Crippen molar-refractivity contribution in [2.24, 2.45) is 5.92 Å². The first-order valence-corrected chi connectivity index (χ1v) is 7.44. The fourth-order valence-corrected chi connectivity index (χ4v) is 3.58. The van der Waals surface area contributed by atoms with Crippen molar-refractivity contribution in [2.75, 3.05) is 26.2 Å². The summed E-state index contributed by atoms with van der Waals surface area (Å²) in [5.74, 6) is 1.42. The summed E-state index contributed by atoms with van der Waals surface area (Å²) < 4.78 is 5.42. The highest BCUT2D eigenvalue weighted by Gasteiger charge is 2.35. The zero-order chi connectivity index (χ0) is 13.5. The SMILES string of the molecule is Cl.Cl.O=C(N[C@H]1CN2CCC1CC2)c1cc2c(cn1)OCC2. The molecule has 0 aromatic carbocycles. The van der Waals surface area contributed by atoms with Crippen LogP contribution in [0.3, 0.4) is 0 Å². The number of rotatable bonds is 2. The smallest absolute Gasteiger partial charge is 0.270 e. The van der Waals surface area contributed by atoms with E-state index < -0.39 is 0 Å². The molecule has 7 heteroatoms. The third-order valence-corrected chi connectivity index (χ3v) is 4.78. The maximum absolute atomic E-state index is 12.4. The molecule has 3 fully saturated rings. The summed E-state index contributed by atoms with van der Waals surface area (Å²) in [5, 5.41) is 3.17. The lowest BCUT2D eigenvalue weighted by Crippen LogP contribution is -2.57. The van der Waals surface area contributed by atoms with Crippen LogP contribution in [0.4, 0.5) is 0 Å². The Bertz CT molecular complexity index is 548. The summed E-state index contributed by atoms with van der Waals surface area (Å²) in [7, 11) is 0. The van der Waals surface area contributed by atoms with Crippen LogP contribution in [0.25, 0.3) is 0 Å². The van der Waals surface area contributed by atoms with Crippen molar-refractivity contribution in [1.82, 2.24) is 15.2 Å². The van der Waals surface area contributed by atoms with E-state index in [-0.39, 0.29) is 36.8 Å². The van der Waals surface area contributed by atoms with Crippen LogP contribution in [0.5, 0.6) is 5.75 Å². The normalized spacial score (nSPS) is 27.9. The Morgan fingerprint density at radius 1 is 1.32 bits per heavy atom. The van der Waals surface area contributed by atoms with Crippen molar-refractivity contribution < 1.29 is 9.53 Å². The van der Waals surface area contributed by atoms with E-state index in [1.54, 1.807) is 6.20 Å². The van der Waals surface area contributed by atoms with Gasteiger partial charge in [-0.05, 0) is 37.9 Å². The van der Waals surface area contributed by atoms with Crippen molar-refractivity contribution in [3.8, 4) is 5.75 Å². The molecule has 4 aliphatic rings. The van der Waals surface area contributed by atoms with Gasteiger partial charge in [-0.3, -0.25) is 4.79 Å². The van der Waals surface area contributed by atoms with Gasteiger partial charge in [0.05, 0.1) is 12.8 Å². The molecule has 1 aromatic heterocycles. The van der Waals surface area contributed by atoms with Crippen LogP contribution in [0.2, 0.25) is 0 Å². The number of hydrogen-bond acceptors (Lipinski definition) is 4. The summed E-state index contributed by atoms with van der Waals surface area (Å²) in [5.41, 5.74) is 1.62. The average Bonchev–Trinajstić information content (AvgIpc) is 2.96. The number of fused-ring (bicyclic) bond motifs is 4. The Labute approximate surface area is 142 Å². The Balaban J connectivity index is 0.000000882. The number of carbonyl (C=O) groups excluding carboxylic acids is 1. The highest BCUT2D eigenvalue weighted by atomic mass is 35.5. The molecule has 3 saturated heterocycles. The van der Waals surface area contributed by atoms with Crippen molar-refractivity contribution in [3.63, 3.8) is 0 Å². The quantitative estimate of drug-likeness (QED) is 0.885. The number of ether oxygens (including phenoxy) is 1. The van der Waals surface area contributed by atoms with E-state index in [0.29, 0.717) is 18.2 Å². The number of halogens is 2. The van der Waals surface area contributed by atoms with Crippen molar-refractivity contribution >= 4 is 30.7 Å². The van der Waals surface area contributed by atoms with Gasteiger partial charge in [0.2, 0.25) is 0 Å². The monoisotopic (exact) mass is 345 g/mol. The number of nitrogens with one attached hydrogen (secondary N) is 1. The predicted molar refractivity (Wildman–Crippen MR) is 88.4 cm³/mol. The molecule has 0 unspecified atom stereocenters. The summed E-state index contributed by atoms with van der Waals surface area (Å²) in [6.45, 7) is 4.06. The highest BCUT2D eigenvalue weighted by Crippen LogP contribution is 2.28. The number of carbonyl (C=O) groups is 1. The lowest BCUT2D eigenvalue weighted by atomic mass is 9.84. The van der Waals surface area contributed by atoms with Crippen molar-refractivity contribution in [3.05, 3.63) is 23.5 Å². The van der Waals surface area contributed by atoms with Gasteiger partial charge in [0.25, 0.3) is 5.91 Å². The van der Waals surface area contributed by atoms with Gasteiger partial charge in [0.1, 0.15) is 11.4 Å². The minimum Gasteiger partial charge on any atom is -0.491 e. The van der Waals surface area contributed by atoms with E-state index in [9.17, 15) is 4.79 Å². The molecule has 122 valence electrons. The molecule has 0 aliphatic carbocycles. The van der Waals surface area contributed by atoms with E-state index in [0.717, 1.165) is 24.3 Å². The van der Waals surface area contributed by atoms with Crippen molar-refractivity contribution in [1.29, 1.82) is 0 Å². The first-order chi connectivity index (χ1) is 9.79. The third-order valence-electron chi connectivity index (χ3n) is 4.78. The van der Waals surface area contributed by atoms with Gasteiger partial charge >= 0.3 is 0 Å². The van der Waals surface area contributed by atoms with Gasteiger partial charge in [0, 0.05) is 24.6 Å².